The first-order valence-electron chi connectivity index (χ1n) is 7.51. The number of aliphatic hydroxyl groups is 1. The number of carbonyl (C=O) groups is 1. The van der Waals surface area contributed by atoms with Gasteiger partial charge in [0, 0.05) is 12.5 Å². The molecule has 0 bridgehead atoms. The smallest absolute Gasteiger partial charge is 0.319 e. The summed E-state index contributed by atoms with van der Waals surface area (Å²) in [4.78, 5) is 20.3. The van der Waals surface area contributed by atoms with Gasteiger partial charge in [-0.15, -0.1) is 0 Å². The SMILES string of the molecule is CCC(C)C(C)(O)CNC(=O)Nc1cnc(C2CC2)nc1. The van der Waals surface area contributed by atoms with E-state index < -0.39 is 5.60 Å². The second-order valence-corrected chi connectivity index (χ2v) is 6.08. The number of anilines is 1. The Morgan fingerprint density at radius 1 is 1.48 bits per heavy atom. The standard InChI is InChI=1S/C15H24N4O2/c1-4-10(2)15(3,21)9-18-14(20)19-12-7-16-13(17-8-12)11-5-6-11/h7-8,10-11,21H,4-6,9H2,1-3H3,(H2,18,19,20). The van der Waals surface area contributed by atoms with E-state index in [1.807, 2.05) is 13.8 Å². The van der Waals surface area contributed by atoms with E-state index in [2.05, 4.69) is 20.6 Å². The molecule has 2 rings (SSSR count). The molecule has 1 aliphatic carbocycles. The van der Waals surface area contributed by atoms with Gasteiger partial charge < -0.3 is 15.7 Å². The zero-order valence-electron chi connectivity index (χ0n) is 12.9. The topological polar surface area (TPSA) is 87.1 Å². The van der Waals surface area contributed by atoms with Crippen LogP contribution in [-0.2, 0) is 0 Å². The molecule has 21 heavy (non-hydrogen) atoms. The summed E-state index contributed by atoms with van der Waals surface area (Å²) in [7, 11) is 0. The lowest BCUT2D eigenvalue weighted by Gasteiger charge is -2.29. The lowest BCUT2D eigenvalue weighted by molar-refractivity contribution is 0.00827. The van der Waals surface area contributed by atoms with Crippen molar-refractivity contribution in [3.05, 3.63) is 18.2 Å². The van der Waals surface area contributed by atoms with Crippen molar-refractivity contribution in [2.24, 2.45) is 5.92 Å². The van der Waals surface area contributed by atoms with Crippen molar-refractivity contribution in [2.75, 3.05) is 11.9 Å². The van der Waals surface area contributed by atoms with Crippen molar-refractivity contribution >= 4 is 11.7 Å². The van der Waals surface area contributed by atoms with Crippen molar-refractivity contribution < 1.29 is 9.90 Å². The van der Waals surface area contributed by atoms with Crippen molar-refractivity contribution in [1.29, 1.82) is 0 Å². The van der Waals surface area contributed by atoms with E-state index in [4.69, 9.17) is 0 Å². The lowest BCUT2D eigenvalue weighted by atomic mass is 9.89. The molecular formula is C15H24N4O2. The molecule has 0 aliphatic heterocycles. The number of amides is 2. The number of rotatable bonds is 6. The Labute approximate surface area is 125 Å². The molecule has 1 aromatic rings. The summed E-state index contributed by atoms with van der Waals surface area (Å²) in [5.74, 6) is 1.46. The average Bonchev–Trinajstić information content (AvgIpc) is 3.30. The second-order valence-electron chi connectivity index (χ2n) is 6.08. The fourth-order valence-corrected chi connectivity index (χ4v) is 2.00. The van der Waals surface area contributed by atoms with Gasteiger partial charge >= 0.3 is 6.03 Å². The molecule has 1 saturated carbocycles. The predicted octanol–water partition coefficient (Wildman–Crippen LogP) is 2.27. The highest BCUT2D eigenvalue weighted by atomic mass is 16.3. The summed E-state index contributed by atoms with van der Waals surface area (Å²) in [5, 5.41) is 15.6. The van der Waals surface area contributed by atoms with Gasteiger partial charge in [0.25, 0.3) is 0 Å². The molecule has 1 aliphatic rings. The summed E-state index contributed by atoms with van der Waals surface area (Å²) in [6, 6.07) is -0.360. The summed E-state index contributed by atoms with van der Waals surface area (Å²) in [5.41, 5.74) is -0.363. The summed E-state index contributed by atoms with van der Waals surface area (Å²) >= 11 is 0. The maximum absolute atomic E-state index is 11.8. The molecule has 0 aromatic carbocycles. The van der Waals surface area contributed by atoms with E-state index in [9.17, 15) is 9.90 Å². The zero-order chi connectivity index (χ0) is 15.5. The molecule has 0 radical (unpaired) electrons. The summed E-state index contributed by atoms with van der Waals surface area (Å²) < 4.78 is 0. The quantitative estimate of drug-likeness (QED) is 0.750. The first kappa shape index (κ1) is 15.7. The van der Waals surface area contributed by atoms with Crippen molar-refractivity contribution in [3.63, 3.8) is 0 Å². The van der Waals surface area contributed by atoms with Crippen LogP contribution < -0.4 is 10.6 Å². The molecule has 3 N–H and O–H groups in total. The maximum Gasteiger partial charge on any atom is 0.319 e. The monoisotopic (exact) mass is 292 g/mol. The molecule has 1 heterocycles. The Balaban J connectivity index is 1.81. The first-order valence-corrected chi connectivity index (χ1v) is 7.51. The van der Waals surface area contributed by atoms with Gasteiger partial charge in [-0.05, 0) is 25.7 Å². The number of urea groups is 1. The minimum absolute atomic E-state index is 0.110. The van der Waals surface area contributed by atoms with Gasteiger partial charge in [0.1, 0.15) is 5.82 Å². The van der Waals surface area contributed by atoms with Gasteiger partial charge in [0.05, 0.1) is 23.7 Å². The third kappa shape index (κ3) is 4.39. The highest BCUT2D eigenvalue weighted by Gasteiger charge is 2.28. The molecule has 6 nitrogen and oxygen atoms in total. The third-order valence-electron chi connectivity index (χ3n) is 4.15. The van der Waals surface area contributed by atoms with Gasteiger partial charge in [0.15, 0.2) is 0 Å². The maximum atomic E-state index is 11.8. The molecule has 1 fully saturated rings. The molecule has 116 valence electrons. The van der Waals surface area contributed by atoms with E-state index in [1.54, 1.807) is 19.3 Å². The molecule has 0 saturated heterocycles. The van der Waals surface area contributed by atoms with Crippen molar-refractivity contribution in [1.82, 2.24) is 15.3 Å². The van der Waals surface area contributed by atoms with Crippen molar-refractivity contribution in [3.8, 4) is 0 Å². The van der Waals surface area contributed by atoms with Crippen LogP contribution >= 0.6 is 0 Å². The van der Waals surface area contributed by atoms with Gasteiger partial charge in [-0.2, -0.15) is 0 Å². The molecule has 0 spiro atoms. The number of aromatic nitrogens is 2. The minimum atomic E-state index is -0.918. The van der Waals surface area contributed by atoms with E-state index in [0.717, 1.165) is 25.1 Å². The Hall–Kier alpha value is -1.69. The van der Waals surface area contributed by atoms with Crippen LogP contribution in [0.4, 0.5) is 10.5 Å². The fourth-order valence-electron chi connectivity index (χ4n) is 2.00. The van der Waals surface area contributed by atoms with Crippen LogP contribution in [0, 0.1) is 5.92 Å². The van der Waals surface area contributed by atoms with E-state index in [0.29, 0.717) is 11.6 Å². The number of hydrogen-bond acceptors (Lipinski definition) is 4. The molecule has 6 heteroatoms. The molecule has 2 amide bonds. The Bertz CT molecular complexity index is 483. The van der Waals surface area contributed by atoms with Gasteiger partial charge in [-0.3, -0.25) is 0 Å². The van der Waals surface area contributed by atoms with Crippen LogP contribution in [0.1, 0.15) is 51.8 Å². The molecule has 2 unspecified atom stereocenters. The van der Waals surface area contributed by atoms with Crippen LogP contribution in [-0.4, -0.2) is 33.3 Å². The molecule has 2 atom stereocenters. The Morgan fingerprint density at radius 3 is 2.62 bits per heavy atom. The summed E-state index contributed by atoms with van der Waals surface area (Å²) in [6.07, 6.45) is 6.39. The van der Waals surface area contributed by atoms with Crippen molar-refractivity contribution in [2.45, 2.75) is 51.6 Å². The first-order chi connectivity index (χ1) is 9.92. The van der Waals surface area contributed by atoms with Crippen LogP contribution in [0.25, 0.3) is 0 Å². The van der Waals surface area contributed by atoms with E-state index in [-0.39, 0.29) is 18.5 Å². The second kappa shape index (κ2) is 6.39. The number of nitrogens with zero attached hydrogens (tertiary/aromatic N) is 2. The number of nitrogens with one attached hydrogen (secondary N) is 2. The fraction of sp³-hybridized carbons (Fsp3) is 0.667. The molecular weight excluding hydrogens is 268 g/mol. The van der Waals surface area contributed by atoms with Crippen LogP contribution in [0.3, 0.4) is 0 Å². The van der Waals surface area contributed by atoms with Crippen LogP contribution in [0.15, 0.2) is 12.4 Å². The largest absolute Gasteiger partial charge is 0.388 e. The predicted molar refractivity (Wildman–Crippen MR) is 81.1 cm³/mol. The lowest BCUT2D eigenvalue weighted by Crippen LogP contribution is -2.46. The van der Waals surface area contributed by atoms with Gasteiger partial charge in [0.2, 0.25) is 0 Å². The Morgan fingerprint density at radius 2 is 2.10 bits per heavy atom. The zero-order valence-corrected chi connectivity index (χ0v) is 12.9. The molecule has 1 aromatic heterocycles. The highest BCUT2D eigenvalue weighted by molar-refractivity contribution is 5.88. The Kier molecular flexibility index (Phi) is 4.77. The highest BCUT2D eigenvalue weighted by Crippen LogP contribution is 2.37. The van der Waals surface area contributed by atoms with Gasteiger partial charge in [-0.1, -0.05) is 20.3 Å². The average molecular weight is 292 g/mol. The van der Waals surface area contributed by atoms with E-state index in [1.165, 1.54) is 0 Å². The van der Waals surface area contributed by atoms with Gasteiger partial charge in [-0.25, -0.2) is 14.8 Å². The minimum Gasteiger partial charge on any atom is -0.388 e. The van der Waals surface area contributed by atoms with E-state index >= 15 is 0 Å². The normalized spacial score (nSPS) is 18.7. The number of hydrogen-bond donors (Lipinski definition) is 3. The third-order valence-corrected chi connectivity index (χ3v) is 4.15. The van der Waals surface area contributed by atoms with Crippen LogP contribution in [0.2, 0.25) is 0 Å². The van der Waals surface area contributed by atoms with Crippen LogP contribution in [0.5, 0.6) is 0 Å². The summed E-state index contributed by atoms with van der Waals surface area (Å²) in [6.45, 7) is 5.91. The number of carbonyl (C=O) groups excluding carboxylic acids is 1.